The van der Waals surface area contributed by atoms with Gasteiger partial charge in [-0.1, -0.05) is 6.08 Å². The van der Waals surface area contributed by atoms with Crippen LogP contribution in [0.3, 0.4) is 0 Å². The minimum atomic E-state index is -1.73. The Morgan fingerprint density at radius 1 is 1.06 bits per heavy atom. The summed E-state index contributed by atoms with van der Waals surface area (Å²) in [4.78, 5) is 73.1. The van der Waals surface area contributed by atoms with E-state index in [1.54, 1.807) is 68.0 Å². The van der Waals surface area contributed by atoms with E-state index >= 15 is 0 Å². The number of hydrogen-bond donors (Lipinski definition) is 1. The first kappa shape index (κ1) is 32.5. The molecule has 0 aromatic heterocycles. The van der Waals surface area contributed by atoms with Gasteiger partial charge in [-0.2, -0.15) is 0 Å². The van der Waals surface area contributed by atoms with E-state index in [1.807, 2.05) is 0 Å². The van der Waals surface area contributed by atoms with Crippen LogP contribution in [0.2, 0.25) is 0 Å². The molecule has 2 amide bonds. The summed E-state index contributed by atoms with van der Waals surface area (Å²) in [5, 5.41) is 1.72. The SMILES string of the molecule is C=CCNC(=O)c1cc(N(I)C(=O)C(OC(C)=O)C(COC(C)=O)OC(C)=O)c(I)c(C(=O)Cl)c1I. The van der Waals surface area contributed by atoms with Crippen molar-refractivity contribution in [3.8, 4) is 0 Å². The quantitative estimate of drug-likeness (QED) is 0.0886. The Bertz CT molecular complexity index is 1100. The first-order chi connectivity index (χ1) is 16.7. The summed E-state index contributed by atoms with van der Waals surface area (Å²) in [5.41, 5.74) is 0.0986. The van der Waals surface area contributed by atoms with Crippen molar-refractivity contribution in [2.24, 2.45) is 0 Å². The van der Waals surface area contributed by atoms with Crippen molar-refractivity contribution >= 4 is 120 Å². The van der Waals surface area contributed by atoms with Gasteiger partial charge < -0.3 is 19.5 Å². The molecule has 1 N–H and O–H groups in total. The Morgan fingerprint density at radius 2 is 1.64 bits per heavy atom. The first-order valence-corrected chi connectivity index (χ1v) is 13.3. The topological polar surface area (TPSA) is 145 Å². The number of rotatable bonds is 11. The second kappa shape index (κ2) is 15.0. The van der Waals surface area contributed by atoms with Crippen LogP contribution in [-0.2, 0) is 33.4 Å². The molecule has 0 saturated heterocycles. The molecule has 0 spiro atoms. The van der Waals surface area contributed by atoms with Gasteiger partial charge in [-0.05, 0) is 62.8 Å². The molecule has 36 heavy (non-hydrogen) atoms. The fourth-order valence-corrected chi connectivity index (χ4v) is 6.62. The fraction of sp³-hybridized carbons (Fsp3) is 0.333. The zero-order chi connectivity index (χ0) is 27.7. The largest absolute Gasteiger partial charge is 0.462 e. The van der Waals surface area contributed by atoms with Crippen LogP contribution in [0.4, 0.5) is 5.69 Å². The average molecular weight is 861 g/mol. The number of hydrogen-bond acceptors (Lipinski definition) is 9. The summed E-state index contributed by atoms with van der Waals surface area (Å²) in [7, 11) is 0. The number of ether oxygens (including phenoxy) is 3. The van der Waals surface area contributed by atoms with Crippen molar-refractivity contribution < 1.29 is 43.0 Å². The summed E-state index contributed by atoms with van der Waals surface area (Å²) in [6.45, 7) is 6.30. The predicted octanol–water partition coefficient (Wildman–Crippen LogP) is 3.30. The fourth-order valence-electron chi connectivity index (χ4n) is 2.65. The van der Waals surface area contributed by atoms with Gasteiger partial charge in [0.05, 0.1) is 43.2 Å². The highest BCUT2D eigenvalue weighted by atomic mass is 127. The number of halogens is 4. The molecule has 1 aromatic rings. The van der Waals surface area contributed by atoms with E-state index in [9.17, 15) is 28.8 Å². The first-order valence-electron chi connectivity index (χ1n) is 9.81. The molecule has 0 saturated carbocycles. The normalized spacial score (nSPS) is 12.0. The van der Waals surface area contributed by atoms with Crippen molar-refractivity contribution in [3.05, 3.63) is 37.0 Å². The van der Waals surface area contributed by atoms with Crippen LogP contribution in [-0.4, -0.2) is 60.3 Å². The van der Waals surface area contributed by atoms with Crippen LogP contribution < -0.4 is 8.43 Å². The van der Waals surface area contributed by atoms with Crippen LogP contribution in [0.5, 0.6) is 0 Å². The minimum Gasteiger partial charge on any atom is -0.462 e. The smallest absolute Gasteiger partial charge is 0.303 e. The van der Waals surface area contributed by atoms with E-state index in [4.69, 9.17) is 25.8 Å². The lowest BCUT2D eigenvalue weighted by Crippen LogP contribution is -2.48. The van der Waals surface area contributed by atoms with Crippen LogP contribution >= 0.6 is 79.6 Å². The second-order valence-corrected chi connectivity index (χ2v) is 10.3. The molecule has 1 aromatic carbocycles. The molecule has 0 heterocycles. The average Bonchev–Trinajstić information content (AvgIpc) is 2.77. The molecule has 15 heteroatoms. The molecule has 0 radical (unpaired) electrons. The number of anilines is 1. The summed E-state index contributed by atoms with van der Waals surface area (Å²) < 4.78 is 16.6. The third-order valence-electron chi connectivity index (χ3n) is 4.08. The Hall–Kier alpha value is -1.54. The van der Waals surface area contributed by atoms with Gasteiger partial charge >= 0.3 is 17.9 Å². The van der Waals surface area contributed by atoms with Crippen LogP contribution in [0.15, 0.2) is 18.7 Å². The Morgan fingerprint density at radius 3 is 2.11 bits per heavy atom. The number of nitrogens with zero attached hydrogens (tertiary/aromatic N) is 1. The maximum Gasteiger partial charge on any atom is 0.303 e. The van der Waals surface area contributed by atoms with Crippen molar-refractivity contribution in [1.29, 1.82) is 0 Å². The van der Waals surface area contributed by atoms with E-state index in [1.165, 1.54) is 12.1 Å². The molecule has 0 aliphatic rings. The van der Waals surface area contributed by atoms with E-state index in [0.717, 1.165) is 23.9 Å². The Balaban J connectivity index is 3.64. The molecule has 0 fully saturated rings. The lowest BCUT2D eigenvalue weighted by molar-refractivity contribution is -0.175. The van der Waals surface area contributed by atoms with E-state index < -0.39 is 53.8 Å². The van der Waals surface area contributed by atoms with Crippen LogP contribution in [0.25, 0.3) is 0 Å². The number of amides is 2. The summed E-state index contributed by atoms with van der Waals surface area (Å²) in [5.74, 6) is -3.89. The molecule has 11 nitrogen and oxygen atoms in total. The number of carbonyl (C=O) groups is 6. The zero-order valence-electron chi connectivity index (χ0n) is 19.1. The third-order valence-corrected chi connectivity index (χ3v) is 7.47. The third kappa shape index (κ3) is 9.09. The summed E-state index contributed by atoms with van der Waals surface area (Å²) >= 11 is 11.0. The molecule has 2 atom stereocenters. The van der Waals surface area contributed by atoms with Crippen molar-refractivity contribution in [1.82, 2.24) is 5.32 Å². The van der Waals surface area contributed by atoms with Gasteiger partial charge in [0, 0.05) is 30.9 Å². The van der Waals surface area contributed by atoms with Crippen molar-refractivity contribution in [2.75, 3.05) is 16.3 Å². The van der Waals surface area contributed by atoms with Gasteiger partial charge in [-0.3, -0.25) is 28.8 Å². The molecule has 1 rings (SSSR count). The van der Waals surface area contributed by atoms with Gasteiger partial charge in [0.15, 0.2) is 6.10 Å². The molecule has 2 unspecified atom stereocenters. The maximum atomic E-state index is 13.5. The Labute approximate surface area is 252 Å². The molecular weight excluding hydrogens is 840 g/mol. The molecule has 0 bridgehead atoms. The van der Waals surface area contributed by atoms with Crippen LogP contribution in [0.1, 0.15) is 41.5 Å². The highest BCUT2D eigenvalue weighted by Gasteiger charge is 2.39. The molecule has 0 aliphatic carbocycles. The lowest BCUT2D eigenvalue weighted by atomic mass is 10.1. The monoisotopic (exact) mass is 860 g/mol. The lowest BCUT2D eigenvalue weighted by Gasteiger charge is -2.28. The zero-order valence-corrected chi connectivity index (χ0v) is 26.3. The van der Waals surface area contributed by atoms with Gasteiger partial charge in [-0.25, -0.2) is 3.11 Å². The molecular formula is C21H20ClI3N2O9. The van der Waals surface area contributed by atoms with E-state index in [-0.39, 0.29) is 30.5 Å². The van der Waals surface area contributed by atoms with Crippen LogP contribution in [0, 0.1) is 7.14 Å². The standard InChI is InChI=1S/C21H20ClI3N2O9/c1-5-6-26-20(32)12-7-13(17(24)15(16(12)23)19(22)31)27(25)21(33)18(36-11(4)30)14(35-10(3)29)8-34-9(2)28/h5,7,14,18H,1,6,8H2,2-4H3,(H,26,32). The maximum absolute atomic E-state index is 13.5. The highest BCUT2D eigenvalue weighted by Crippen LogP contribution is 2.35. The minimum absolute atomic E-state index is 0.0194. The Kier molecular flexibility index (Phi) is 13.5. The van der Waals surface area contributed by atoms with Gasteiger partial charge in [0.2, 0.25) is 6.10 Å². The summed E-state index contributed by atoms with van der Waals surface area (Å²) in [6.07, 6.45) is -1.75. The second-order valence-electron chi connectivity index (χ2n) is 6.82. The molecule has 0 aliphatic heterocycles. The number of benzene rings is 1. The van der Waals surface area contributed by atoms with E-state index in [0.29, 0.717) is 0 Å². The number of carbonyl (C=O) groups excluding carboxylic acids is 6. The van der Waals surface area contributed by atoms with Gasteiger partial charge in [0.25, 0.3) is 17.1 Å². The number of esters is 3. The predicted molar refractivity (Wildman–Crippen MR) is 154 cm³/mol. The van der Waals surface area contributed by atoms with Crippen molar-refractivity contribution in [2.45, 2.75) is 33.0 Å². The molecule has 196 valence electrons. The number of nitrogens with one attached hydrogen (secondary N) is 1. The highest BCUT2D eigenvalue weighted by molar-refractivity contribution is 14.1. The summed E-state index contributed by atoms with van der Waals surface area (Å²) in [6, 6.07) is 1.35. The van der Waals surface area contributed by atoms with Gasteiger partial charge in [0.1, 0.15) is 6.61 Å². The van der Waals surface area contributed by atoms with E-state index in [2.05, 4.69) is 11.9 Å². The van der Waals surface area contributed by atoms with Gasteiger partial charge in [-0.15, -0.1) is 6.58 Å². The van der Waals surface area contributed by atoms with Crippen molar-refractivity contribution in [3.63, 3.8) is 0 Å².